The average molecular weight is 409 g/mol. The number of hydrogen-bond acceptors (Lipinski definition) is 4. The highest BCUT2D eigenvalue weighted by Gasteiger charge is 2.39. The lowest BCUT2D eigenvalue weighted by Crippen LogP contribution is -2.43. The molecular formula is C24H40O5. The molecule has 166 valence electrons. The maximum Gasteiger partial charge on any atom is 0.364 e. The fourth-order valence-corrected chi connectivity index (χ4v) is 3.82. The van der Waals surface area contributed by atoms with E-state index in [1.54, 1.807) is 0 Å². The molecule has 29 heavy (non-hydrogen) atoms. The molecule has 0 saturated heterocycles. The van der Waals surface area contributed by atoms with Crippen LogP contribution in [0.2, 0.25) is 0 Å². The summed E-state index contributed by atoms with van der Waals surface area (Å²) < 4.78 is 10.6. The third kappa shape index (κ3) is 8.83. The van der Waals surface area contributed by atoms with Gasteiger partial charge in [0.15, 0.2) is 0 Å². The molecule has 0 amide bonds. The molecule has 1 N–H and O–H groups in total. The normalized spacial score (nSPS) is 22.0. The SMILES string of the molecule is CCCCCC/C=C/[C@H]1CCC(=O)[C@@H]1C/C=C\CCC(OC)(OCCC)C(=O)O. The number of carboxylic acids is 1. The molecule has 0 aromatic rings. The van der Waals surface area contributed by atoms with E-state index in [2.05, 4.69) is 19.1 Å². The first-order valence-electron chi connectivity index (χ1n) is 11.3. The van der Waals surface area contributed by atoms with Gasteiger partial charge in [-0.15, -0.1) is 0 Å². The van der Waals surface area contributed by atoms with Gasteiger partial charge in [-0.25, -0.2) is 4.79 Å². The fraction of sp³-hybridized carbons (Fsp3) is 0.750. The van der Waals surface area contributed by atoms with Gasteiger partial charge in [0.05, 0.1) is 6.61 Å². The van der Waals surface area contributed by atoms with Gasteiger partial charge in [0, 0.05) is 25.9 Å². The van der Waals surface area contributed by atoms with Crippen molar-refractivity contribution in [1.82, 2.24) is 0 Å². The van der Waals surface area contributed by atoms with E-state index in [4.69, 9.17) is 9.47 Å². The summed E-state index contributed by atoms with van der Waals surface area (Å²) in [6.07, 6.45) is 18.4. The van der Waals surface area contributed by atoms with Crippen LogP contribution in [0.1, 0.15) is 84.5 Å². The van der Waals surface area contributed by atoms with Gasteiger partial charge in [0.1, 0.15) is 5.78 Å². The molecular weight excluding hydrogens is 368 g/mol. The molecule has 1 unspecified atom stereocenters. The van der Waals surface area contributed by atoms with E-state index >= 15 is 0 Å². The molecule has 0 radical (unpaired) electrons. The first kappa shape index (κ1) is 25.6. The van der Waals surface area contributed by atoms with E-state index < -0.39 is 11.8 Å². The number of carbonyl (C=O) groups is 2. The third-order valence-corrected chi connectivity index (χ3v) is 5.65. The van der Waals surface area contributed by atoms with Crippen LogP contribution in [-0.4, -0.2) is 36.4 Å². The molecule has 1 rings (SSSR count). The first-order valence-corrected chi connectivity index (χ1v) is 11.3. The number of aliphatic carboxylic acids is 1. The topological polar surface area (TPSA) is 72.8 Å². The number of hydrogen-bond donors (Lipinski definition) is 1. The summed E-state index contributed by atoms with van der Waals surface area (Å²) in [7, 11) is 1.36. The van der Waals surface area contributed by atoms with Gasteiger partial charge in [-0.2, -0.15) is 0 Å². The highest BCUT2D eigenvalue weighted by atomic mass is 16.7. The quantitative estimate of drug-likeness (QED) is 0.202. The van der Waals surface area contributed by atoms with Crippen LogP contribution in [-0.2, 0) is 19.1 Å². The Kier molecular flexibility index (Phi) is 12.8. The predicted molar refractivity (Wildman–Crippen MR) is 116 cm³/mol. The van der Waals surface area contributed by atoms with Crippen LogP contribution in [0.25, 0.3) is 0 Å². The zero-order chi connectivity index (χ0) is 21.5. The van der Waals surface area contributed by atoms with Crippen LogP contribution in [0.4, 0.5) is 0 Å². The highest BCUT2D eigenvalue weighted by Crippen LogP contribution is 2.33. The van der Waals surface area contributed by atoms with Crippen molar-refractivity contribution < 1.29 is 24.2 Å². The van der Waals surface area contributed by atoms with Crippen molar-refractivity contribution in [1.29, 1.82) is 0 Å². The van der Waals surface area contributed by atoms with Crippen molar-refractivity contribution in [3.05, 3.63) is 24.3 Å². The molecule has 0 aliphatic heterocycles. The summed E-state index contributed by atoms with van der Waals surface area (Å²) in [6.45, 7) is 4.48. The van der Waals surface area contributed by atoms with E-state index in [1.807, 2.05) is 19.1 Å². The summed E-state index contributed by atoms with van der Waals surface area (Å²) in [4.78, 5) is 23.8. The minimum atomic E-state index is -1.59. The van der Waals surface area contributed by atoms with Gasteiger partial charge in [-0.05, 0) is 44.4 Å². The Morgan fingerprint density at radius 3 is 2.59 bits per heavy atom. The minimum absolute atomic E-state index is 0.0566. The maximum absolute atomic E-state index is 12.3. The number of rotatable bonds is 16. The zero-order valence-electron chi connectivity index (χ0n) is 18.5. The lowest BCUT2D eigenvalue weighted by atomic mass is 9.91. The molecule has 0 aromatic heterocycles. The molecule has 1 saturated carbocycles. The van der Waals surface area contributed by atoms with Crippen LogP contribution in [0.5, 0.6) is 0 Å². The Labute approximate surface area is 176 Å². The van der Waals surface area contributed by atoms with Crippen molar-refractivity contribution in [2.24, 2.45) is 11.8 Å². The standard InChI is InChI=1S/C24H40O5/c1-4-6-7-8-9-11-14-20-16-17-22(25)21(20)15-12-10-13-18-24(28-3,23(26)27)29-19-5-2/h10-12,14,20-21H,4-9,13,15-19H2,1-3H3,(H,26,27)/b12-10-,14-11+/t20-,21+,24?/m0/s1. The number of ether oxygens (including phenoxy) is 2. The van der Waals surface area contributed by atoms with Crippen molar-refractivity contribution >= 4 is 11.8 Å². The Balaban J connectivity index is 2.47. The lowest BCUT2D eigenvalue weighted by Gasteiger charge is -2.27. The molecule has 1 fully saturated rings. The third-order valence-electron chi connectivity index (χ3n) is 5.65. The molecule has 1 aliphatic rings. The number of ketones is 1. The lowest BCUT2D eigenvalue weighted by molar-refractivity contribution is -0.237. The van der Waals surface area contributed by atoms with Crippen LogP contribution < -0.4 is 0 Å². The van der Waals surface area contributed by atoms with Gasteiger partial charge in [0.25, 0.3) is 5.79 Å². The van der Waals surface area contributed by atoms with Crippen molar-refractivity contribution in [2.75, 3.05) is 13.7 Å². The largest absolute Gasteiger partial charge is 0.477 e. The van der Waals surface area contributed by atoms with E-state index in [0.29, 0.717) is 37.6 Å². The minimum Gasteiger partial charge on any atom is -0.477 e. The van der Waals surface area contributed by atoms with Crippen molar-refractivity contribution in [3.8, 4) is 0 Å². The van der Waals surface area contributed by atoms with E-state index in [-0.39, 0.29) is 12.3 Å². The number of carboxylic acid groups (broad SMARTS) is 1. The number of methoxy groups -OCH3 is 1. The van der Waals surface area contributed by atoms with Gasteiger partial charge in [-0.1, -0.05) is 57.4 Å². The molecule has 5 heteroatoms. The molecule has 0 heterocycles. The van der Waals surface area contributed by atoms with E-state index in [0.717, 1.165) is 19.3 Å². The first-order chi connectivity index (χ1) is 14.0. The van der Waals surface area contributed by atoms with Gasteiger partial charge in [0.2, 0.25) is 0 Å². The highest BCUT2D eigenvalue weighted by molar-refractivity contribution is 5.83. The van der Waals surface area contributed by atoms with Crippen LogP contribution in [0.15, 0.2) is 24.3 Å². The summed E-state index contributed by atoms with van der Waals surface area (Å²) >= 11 is 0. The Morgan fingerprint density at radius 2 is 1.93 bits per heavy atom. The predicted octanol–water partition coefficient (Wildman–Crippen LogP) is 5.69. The molecule has 0 bridgehead atoms. The summed E-state index contributed by atoms with van der Waals surface area (Å²) in [5.74, 6) is -1.95. The Morgan fingerprint density at radius 1 is 1.14 bits per heavy atom. The average Bonchev–Trinajstić information content (AvgIpc) is 3.06. The van der Waals surface area contributed by atoms with E-state index in [1.165, 1.54) is 32.8 Å². The number of unbranched alkanes of at least 4 members (excludes halogenated alkanes) is 4. The van der Waals surface area contributed by atoms with Crippen LogP contribution in [0.3, 0.4) is 0 Å². The van der Waals surface area contributed by atoms with Crippen molar-refractivity contribution in [2.45, 2.75) is 90.3 Å². The number of allylic oxidation sites excluding steroid dienone is 4. The van der Waals surface area contributed by atoms with Crippen molar-refractivity contribution in [3.63, 3.8) is 0 Å². The van der Waals surface area contributed by atoms with Gasteiger partial charge >= 0.3 is 5.97 Å². The maximum atomic E-state index is 12.3. The summed E-state index contributed by atoms with van der Waals surface area (Å²) in [5, 5.41) is 9.47. The second-order valence-corrected chi connectivity index (χ2v) is 7.91. The number of Topliss-reactive ketones (excluding diaryl/α,β-unsaturated/α-hetero) is 1. The Hall–Kier alpha value is -1.46. The second kappa shape index (κ2) is 14.5. The van der Waals surface area contributed by atoms with Gasteiger partial charge < -0.3 is 14.6 Å². The fourth-order valence-electron chi connectivity index (χ4n) is 3.82. The van der Waals surface area contributed by atoms with Gasteiger partial charge in [-0.3, -0.25) is 4.79 Å². The summed E-state index contributed by atoms with van der Waals surface area (Å²) in [5.41, 5.74) is 0. The number of carbonyl (C=O) groups excluding carboxylic acids is 1. The van der Waals surface area contributed by atoms with Crippen LogP contribution in [0, 0.1) is 11.8 Å². The summed E-state index contributed by atoms with van der Waals surface area (Å²) in [6, 6.07) is 0. The van der Waals surface area contributed by atoms with Crippen LogP contribution >= 0.6 is 0 Å². The Bertz CT molecular complexity index is 539. The molecule has 5 nitrogen and oxygen atoms in total. The molecule has 0 spiro atoms. The second-order valence-electron chi connectivity index (χ2n) is 7.91. The monoisotopic (exact) mass is 408 g/mol. The van der Waals surface area contributed by atoms with E-state index in [9.17, 15) is 14.7 Å². The molecule has 0 aromatic carbocycles. The molecule has 3 atom stereocenters. The molecule has 1 aliphatic carbocycles. The zero-order valence-corrected chi connectivity index (χ0v) is 18.5. The smallest absolute Gasteiger partial charge is 0.364 e.